The normalized spacial score (nSPS) is 17.2. The molecule has 10 heteroatoms. The highest BCUT2D eigenvalue weighted by Gasteiger charge is 2.33. The van der Waals surface area contributed by atoms with Crippen LogP contribution in [0.15, 0.2) is 42.2 Å². The van der Waals surface area contributed by atoms with Crippen molar-refractivity contribution in [1.29, 1.82) is 0 Å². The van der Waals surface area contributed by atoms with Gasteiger partial charge in [0.1, 0.15) is 11.0 Å². The van der Waals surface area contributed by atoms with Crippen LogP contribution in [-0.4, -0.2) is 45.5 Å². The number of carbonyl (C=O) groups is 1. The fourth-order valence-electron chi connectivity index (χ4n) is 3.30. The summed E-state index contributed by atoms with van der Waals surface area (Å²) in [5.41, 5.74) is 2.51. The van der Waals surface area contributed by atoms with Crippen molar-refractivity contribution in [1.82, 2.24) is 19.9 Å². The van der Waals surface area contributed by atoms with E-state index < -0.39 is 17.8 Å². The molecule has 3 aromatic rings. The second kappa shape index (κ2) is 8.11. The zero-order valence-electron chi connectivity index (χ0n) is 15.9. The van der Waals surface area contributed by atoms with E-state index in [1.54, 1.807) is 23.4 Å². The lowest BCUT2D eigenvalue weighted by Crippen LogP contribution is -2.42. The number of morpholine rings is 1. The van der Waals surface area contributed by atoms with Gasteiger partial charge >= 0.3 is 6.18 Å². The van der Waals surface area contributed by atoms with E-state index in [-0.39, 0.29) is 19.1 Å². The molecule has 30 heavy (non-hydrogen) atoms. The van der Waals surface area contributed by atoms with Gasteiger partial charge in [0.05, 0.1) is 41.3 Å². The quantitative estimate of drug-likeness (QED) is 0.620. The van der Waals surface area contributed by atoms with E-state index in [9.17, 15) is 18.0 Å². The molecule has 3 heterocycles. The number of rotatable bonds is 3. The standard InChI is InChI=1S/C20H17F3N4O2S/c1-12-18(30-11-26-12)19(28)27-7-8-29-15(10-27)17-16(24-5-6-25-17)13-3-2-4-14(9-13)20(21,22)23/h2-6,9,11,15H,7-8,10H2,1H3/t15-/m1/s1. The second-order valence-electron chi connectivity index (χ2n) is 6.75. The minimum absolute atomic E-state index is 0.146. The van der Waals surface area contributed by atoms with Gasteiger partial charge in [-0.15, -0.1) is 11.3 Å². The molecule has 1 amide bonds. The van der Waals surface area contributed by atoms with Crippen LogP contribution in [0.2, 0.25) is 0 Å². The van der Waals surface area contributed by atoms with E-state index in [1.807, 2.05) is 0 Å². The van der Waals surface area contributed by atoms with Crippen molar-refractivity contribution < 1.29 is 22.7 Å². The van der Waals surface area contributed by atoms with Gasteiger partial charge in [-0.25, -0.2) is 4.98 Å². The van der Waals surface area contributed by atoms with Gasteiger partial charge in [-0.2, -0.15) is 13.2 Å². The highest BCUT2D eigenvalue weighted by Crippen LogP contribution is 2.34. The number of nitrogens with zero attached hydrogens (tertiary/aromatic N) is 4. The topological polar surface area (TPSA) is 68.2 Å². The van der Waals surface area contributed by atoms with Crippen LogP contribution in [0.4, 0.5) is 13.2 Å². The van der Waals surface area contributed by atoms with Crippen LogP contribution >= 0.6 is 11.3 Å². The largest absolute Gasteiger partial charge is 0.416 e. The molecular weight excluding hydrogens is 417 g/mol. The molecule has 0 aliphatic carbocycles. The molecule has 0 radical (unpaired) electrons. The summed E-state index contributed by atoms with van der Waals surface area (Å²) in [5, 5.41) is 0. The third-order valence-corrected chi connectivity index (χ3v) is 5.70. The average Bonchev–Trinajstić information content (AvgIpc) is 3.18. The summed E-state index contributed by atoms with van der Waals surface area (Å²) in [7, 11) is 0. The van der Waals surface area contributed by atoms with E-state index in [0.29, 0.717) is 34.1 Å². The maximum absolute atomic E-state index is 13.1. The number of alkyl halides is 3. The molecule has 0 saturated carbocycles. The maximum atomic E-state index is 13.1. The number of carbonyl (C=O) groups excluding carboxylic acids is 1. The molecule has 6 nitrogen and oxygen atoms in total. The van der Waals surface area contributed by atoms with Crippen molar-refractivity contribution >= 4 is 17.2 Å². The Kier molecular flexibility index (Phi) is 5.52. The average molecular weight is 434 g/mol. The Hall–Kier alpha value is -2.85. The molecule has 0 bridgehead atoms. The molecule has 1 aliphatic heterocycles. The third-order valence-electron chi connectivity index (χ3n) is 4.79. The van der Waals surface area contributed by atoms with E-state index in [0.717, 1.165) is 12.1 Å². The molecule has 0 unspecified atom stereocenters. The molecule has 1 atom stereocenters. The predicted molar refractivity (Wildman–Crippen MR) is 104 cm³/mol. The van der Waals surface area contributed by atoms with Crippen LogP contribution in [-0.2, 0) is 10.9 Å². The zero-order valence-corrected chi connectivity index (χ0v) is 16.7. The molecule has 1 fully saturated rings. The smallest absolute Gasteiger partial charge is 0.368 e. The van der Waals surface area contributed by atoms with Crippen LogP contribution in [0.5, 0.6) is 0 Å². The van der Waals surface area contributed by atoms with E-state index in [1.165, 1.54) is 29.8 Å². The Morgan fingerprint density at radius 3 is 2.77 bits per heavy atom. The fourth-order valence-corrected chi connectivity index (χ4v) is 4.07. The summed E-state index contributed by atoms with van der Waals surface area (Å²) in [6, 6.07) is 4.93. The van der Waals surface area contributed by atoms with Crippen molar-refractivity contribution in [2.24, 2.45) is 0 Å². The van der Waals surface area contributed by atoms with Gasteiger partial charge in [-0.05, 0) is 19.1 Å². The number of benzene rings is 1. The summed E-state index contributed by atoms with van der Waals surface area (Å²) in [6.07, 6.45) is -2.18. The first-order chi connectivity index (χ1) is 14.3. The third kappa shape index (κ3) is 4.05. The van der Waals surface area contributed by atoms with Gasteiger partial charge in [-0.1, -0.05) is 12.1 Å². The minimum atomic E-state index is -4.46. The number of ether oxygens (including phenoxy) is 1. The molecule has 0 spiro atoms. The minimum Gasteiger partial charge on any atom is -0.368 e. The lowest BCUT2D eigenvalue weighted by atomic mass is 10.0. The first kappa shape index (κ1) is 20.4. The number of hydrogen-bond donors (Lipinski definition) is 0. The molecule has 1 saturated heterocycles. The van der Waals surface area contributed by atoms with Crippen molar-refractivity contribution in [3.05, 3.63) is 64.0 Å². The molecule has 1 aromatic carbocycles. The van der Waals surface area contributed by atoms with Gasteiger partial charge < -0.3 is 9.64 Å². The molecule has 1 aliphatic rings. The summed E-state index contributed by atoms with van der Waals surface area (Å²) in [4.78, 5) is 27.8. The molecule has 156 valence electrons. The number of aryl methyl sites for hydroxylation is 1. The van der Waals surface area contributed by atoms with Crippen molar-refractivity contribution in [3.63, 3.8) is 0 Å². The summed E-state index contributed by atoms with van der Waals surface area (Å²) >= 11 is 1.27. The van der Waals surface area contributed by atoms with Crippen molar-refractivity contribution in [2.75, 3.05) is 19.7 Å². The van der Waals surface area contributed by atoms with E-state index >= 15 is 0 Å². The summed E-state index contributed by atoms with van der Waals surface area (Å²) < 4.78 is 45.2. The Morgan fingerprint density at radius 1 is 1.23 bits per heavy atom. The predicted octanol–water partition coefficient (Wildman–Crippen LogP) is 4.14. The number of halogens is 3. The number of aromatic nitrogens is 3. The first-order valence-corrected chi connectivity index (χ1v) is 10.0. The van der Waals surface area contributed by atoms with Crippen molar-refractivity contribution in [3.8, 4) is 11.3 Å². The Balaban J connectivity index is 1.64. The van der Waals surface area contributed by atoms with E-state index in [4.69, 9.17) is 4.74 Å². The summed E-state index contributed by atoms with van der Waals surface area (Å²) in [5.74, 6) is -0.146. The van der Waals surface area contributed by atoms with E-state index in [2.05, 4.69) is 15.0 Å². The highest BCUT2D eigenvalue weighted by atomic mass is 32.1. The van der Waals surface area contributed by atoms with Crippen LogP contribution in [0, 0.1) is 6.92 Å². The van der Waals surface area contributed by atoms with Gasteiger partial charge in [0, 0.05) is 24.5 Å². The Bertz CT molecular complexity index is 1070. The summed E-state index contributed by atoms with van der Waals surface area (Å²) in [6.45, 7) is 2.69. The van der Waals surface area contributed by atoms with Gasteiger partial charge in [0.15, 0.2) is 0 Å². The molecule has 0 N–H and O–H groups in total. The lowest BCUT2D eigenvalue weighted by Gasteiger charge is -2.33. The van der Waals surface area contributed by atoms with Crippen LogP contribution in [0.1, 0.15) is 32.7 Å². The molecular formula is C20H17F3N4O2S. The van der Waals surface area contributed by atoms with Gasteiger partial charge in [0.2, 0.25) is 0 Å². The fraction of sp³-hybridized carbons (Fsp3) is 0.300. The Morgan fingerprint density at radius 2 is 2.03 bits per heavy atom. The van der Waals surface area contributed by atoms with Crippen LogP contribution in [0.3, 0.4) is 0 Å². The van der Waals surface area contributed by atoms with Crippen LogP contribution in [0.25, 0.3) is 11.3 Å². The molecule has 2 aromatic heterocycles. The van der Waals surface area contributed by atoms with Gasteiger partial charge in [-0.3, -0.25) is 14.8 Å². The lowest BCUT2D eigenvalue weighted by molar-refractivity contribution is -0.137. The Labute approximate surface area is 174 Å². The SMILES string of the molecule is Cc1ncsc1C(=O)N1CCO[C@@H](c2nccnc2-c2cccc(C(F)(F)F)c2)C1. The van der Waals surface area contributed by atoms with Crippen LogP contribution < -0.4 is 0 Å². The van der Waals surface area contributed by atoms with Gasteiger partial charge in [0.25, 0.3) is 5.91 Å². The zero-order chi connectivity index (χ0) is 21.3. The number of thiazole rings is 1. The first-order valence-electron chi connectivity index (χ1n) is 9.14. The number of hydrogen-bond acceptors (Lipinski definition) is 6. The monoisotopic (exact) mass is 434 g/mol. The maximum Gasteiger partial charge on any atom is 0.416 e. The number of amides is 1. The molecule has 4 rings (SSSR count). The highest BCUT2D eigenvalue weighted by molar-refractivity contribution is 7.11. The van der Waals surface area contributed by atoms with Crippen molar-refractivity contribution in [2.45, 2.75) is 19.2 Å². The second-order valence-corrected chi connectivity index (χ2v) is 7.60.